The number of pyridine rings is 3. The molecular weight excluding hydrogens is 555 g/mol. The van der Waals surface area contributed by atoms with Crippen molar-refractivity contribution in [1.82, 2.24) is 24.7 Å². The minimum absolute atomic E-state index is 0. The molecule has 5 nitrogen and oxygen atoms in total. The Labute approximate surface area is 181 Å². The molecule has 0 aliphatic heterocycles. The van der Waals surface area contributed by atoms with Gasteiger partial charge in [-0.15, -0.1) is 12.1 Å². The van der Waals surface area contributed by atoms with E-state index in [0.29, 0.717) is 17.2 Å². The number of nitrogens with zero attached hydrogens (tertiary/aromatic N) is 5. The third kappa shape index (κ3) is 4.15. The molecule has 0 atom stereocenters. The van der Waals surface area contributed by atoms with E-state index < -0.39 is 17.3 Å². The maximum Gasteiger partial charge on any atom is 2.00 e. The predicted molar refractivity (Wildman–Crippen MR) is 98.5 cm³/mol. The molecule has 4 rings (SSSR count). The standard InChI is InChI=1S/C21H15F2N5.Pt/c1-21(2,17-8-4-9-19(26-17)28-13-5-12-24-28)16-7-3-6-15(25-16)14-10-11-18(22)27-20(14)23;/h3-9,11-12H,1-2H3;/q-2;+2. The maximum atomic E-state index is 14.0. The van der Waals surface area contributed by atoms with Crippen LogP contribution in [0.25, 0.3) is 17.1 Å². The molecule has 0 aliphatic rings. The minimum Gasteiger partial charge on any atom is -0.344 e. The van der Waals surface area contributed by atoms with Crippen LogP contribution < -0.4 is 0 Å². The van der Waals surface area contributed by atoms with Crippen molar-refractivity contribution in [2.24, 2.45) is 0 Å². The van der Waals surface area contributed by atoms with Crippen LogP contribution in [0, 0.1) is 24.2 Å². The first-order valence-electron chi connectivity index (χ1n) is 8.56. The molecule has 4 aromatic rings. The Balaban J connectivity index is 0.00000240. The van der Waals surface area contributed by atoms with Crippen molar-refractivity contribution >= 4 is 0 Å². The molecule has 0 fully saturated rings. The van der Waals surface area contributed by atoms with Crippen LogP contribution in [-0.4, -0.2) is 24.7 Å². The van der Waals surface area contributed by atoms with Crippen molar-refractivity contribution in [1.29, 1.82) is 0 Å². The van der Waals surface area contributed by atoms with Gasteiger partial charge >= 0.3 is 21.1 Å². The summed E-state index contributed by atoms with van der Waals surface area (Å²) in [7, 11) is 0. The summed E-state index contributed by atoms with van der Waals surface area (Å²) in [6.07, 6.45) is 4.59. The molecule has 0 unspecified atom stereocenters. The molecule has 0 N–H and O–H groups in total. The van der Waals surface area contributed by atoms with Gasteiger partial charge in [-0.05, 0) is 31.7 Å². The van der Waals surface area contributed by atoms with Crippen LogP contribution in [0.3, 0.4) is 0 Å². The Morgan fingerprint density at radius 2 is 1.69 bits per heavy atom. The van der Waals surface area contributed by atoms with Crippen molar-refractivity contribution in [2.45, 2.75) is 19.3 Å². The maximum absolute atomic E-state index is 14.0. The van der Waals surface area contributed by atoms with Crippen LogP contribution in [-0.2, 0) is 26.5 Å². The molecule has 4 heterocycles. The largest absolute Gasteiger partial charge is 2.00 e. The van der Waals surface area contributed by atoms with Crippen LogP contribution in [0.4, 0.5) is 8.78 Å². The van der Waals surface area contributed by atoms with Gasteiger partial charge in [0.2, 0.25) is 0 Å². The second kappa shape index (κ2) is 8.29. The summed E-state index contributed by atoms with van der Waals surface area (Å²) in [4.78, 5) is 12.5. The van der Waals surface area contributed by atoms with Crippen LogP contribution in [0.2, 0.25) is 0 Å². The van der Waals surface area contributed by atoms with Crippen molar-refractivity contribution in [3.63, 3.8) is 0 Å². The van der Waals surface area contributed by atoms with E-state index >= 15 is 0 Å². The van der Waals surface area contributed by atoms with Crippen LogP contribution in [0.15, 0.2) is 54.7 Å². The van der Waals surface area contributed by atoms with E-state index in [4.69, 9.17) is 0 Å². The third-order valence-corrected chi connectivity index (χ3v) is 4.44. The van der Waals surface area contributed by atoms with Gasteiger partial charge in [-0.3, -0.25) is 15.1 Å². The normalized spacial score (nSPS) is 11.2. The van der Waals surface area contributed by atoms with Crippen LogP contribution in [0.5, 0.6) is 0 Å². The molecule has 29 heavy (non-hydrogen) atoms. The zero-order chi connectivity index (χ0) is 19.7. The number of hydrogen-bond donors (Lipinski definition) is 0. The van der Waals surface area contributed by atoms with Gasteiger partial charge in [-0.1, -0.05) is 48.3 Å². The Morgan fingerprint density at radius 1 is 0.966 bits per heavy atom. The van der Waals surface area contributed by atoms with Crippen molar-refractivity contribution in [3.8, 4) is 17.1 Å². The van der Waals surface area contributed by atoms with E-state index in [9.17, 15) is 8.78 Å². The molecule has 0 saturated heterocycles. The van der Waals surface area contributed by atoms with Crippen LogP contribution >= 0.6 is 0 Å². The molecule has 8 heteroatoms. The van der Waals surface area contributed by atoms with E-state index in [2.05, 4.69) is 32.3 Å². The molecule has 0 radical (unpaired) electrons. The monoisotopic (exact) mass is 570 g/mol. The predicted octanol–water partition coefficient (Wildman–Crippen LogP) is 3.93. The van der Waals surface area contributed by atoms with Crippen molar-refractivity contribution in [2.75, 3.05) is 0 Å². The first-order valence-corrected chi connectivity index (χ1v) is 8.56. The first-order chi connectivity index (χ1) is 13.4. The fraction of sp³-hybridized carbons (Fsp3) is 0.143. The number of rotatable bonds is 4. The first kappa shape index (κ1) is 20.9. The minimum atomic E-state index is -0.947. The van der Waals surface area contributed by atoms with Gasteiger partial charge in [0, 0.05) is 16.8 Å². The molecule has 0 saturated carbocycles. The van der Waals surface area contributed by atoms with Crippen molar-refractivity contribution < 1.29 is 29.8 Å². The summed E-state index contributed by atoms with van der Waals surface area (Å²) in [5.74, 6) is -1.24. The summed E-state index contributed by atoms with van der Waals surface area (Å²) in [5, 5.41) is 4.15. The molecule has 0 bridgehead atoms. The van der Waals surface area contributed by atoms with Gasteiger partial charge in [-0.25, -0.2) is 8.78 Å². The molecule has 0 spiro atoms. The Kier molecular flexibility index (Phi) is 5.98. The van der Waals surface area contributed by atoms with Gasteiger partial charge in [0.25, 0.3) is 0 Å². The summed E-state index contributed by atoms with van der Waals surface area (Å²) >= 11 is 0. The zero-order valence-electron chi connectivity index (χ0n) is 15.5. The van der Waals surface area contributed by atoms with Gasteiger partial charge in [0.1, 0.15) is 11.9 Å². The zero-order valence-corrected chi connectivity index (χ0v) is 17.8. The fourth-order valence-electron chi connectivity index (χ4n) is 2.86. The SMILES string of the molecule is CC(C)(c1cccc(-c2[c-]cc(F)nc2F)n1)c1cccc(-n2[c-]ccn2)n1.[Pt+2]. The van der Waals surface area contributed by atoms with Gasteiger partial charge < -0.3 is 9.67 Å². The molecule has 0 amide bonds. The average Bonchev–Trinajstić information content (AvgIpc) is 3.23. The third-order valence-electron chi connectivity index (χ3n) is 4.44. The van der Waals surface area contributed by atoms with Gasteiger partial charge in [-0.2, -0.15) is 0 Å². The number of aromatic nitrogens is 5. The fourth-order valence-corrected chi connectivity index (χ4v) is 2.86. The Bertz CT molecular complexity index is 1130. The second-order valence-electron chi connectivity index (χ2n) is 6.68. The Morgan fingerprint density at radius 3 is 2.38 bits per heavy atom. The quantitative estimate of drug-likeness (QED) is 0.276. The van der Waals surface area contributed by atoms with E-state index in [0.717, 1.165) is 11.8 Å². The van der Waals surface area contributed by atoms with E-state index in [1.165, 1.54) is 0 Å². The number of hydrogen-bond acceptors (Lipinski definition) is 4. The molecule has 4 aromatic heterocycles. The van der Waals surface area contributed by atoms with E-state index in [-0.39, 0.29) is 26.6 Å². The molecule has 148 valence electrons. The molecular formula is C21H15F2N5Pt. The summed E-state index contributed by atoms with van der Waals surface area (Å²) in [6, 6.07) is 16.1. The van der Waals surface area contributed by atoms with Gasteiger partial charge in [0.05, 0.1) is 5.82 Å². The molecule has 0 aromatic carbocycles. The average molecular weight is 570 g/mol. The second-order valence-corrected chi connectivity index (χ2v) is 6.68. The molecule has 0 aliphatic carbocycles. The van der Waals surface area contributed by atoms with E-state index in [1.54, 1.807) is 29.1 Å². The van der Waals surface area contributed by atoms with E-state index in [1.807, 2.05) is 38.1 Å². The smallest absolute Gasteiger partial charge is 0.344 e. The topological polar surface area (TPSA) is 56.5 Å². The summed E-state index contributed by atoms with van der Waals surface area (Å²) in [6.45, 7) is 3.95. The number of halogens is 2. The van der Waals surface area contributed by atoms with Gasteiger partial charge in [0.15, 0.2) is 0 Å². The summed E-state index contributed by atoms with van der Waals surface area (Å²) < 4.78 is 28.7. The summed E-state index contributed by atoms with van der Waals surface area (Å²) in [5.41, 5.74) is 1.21. The van der Waals surface area contributed by atoms with Crippen molar-refractivity contribution in [3.05, 3.63) is 90.3 Å². The Hall–Kier alpha value is -2.79. The van der Waals surface area contributed by atoms with Crippen LogP contribution in [0.1, 0.15) is 25.2 Å².